The van der Waals surface area contributed by atoms with E-state index < -0.39 is 28.0 Å². The fraction of sp³-hybridized carbons (Fsp3) is 0.464. The van der Waals surface area contributed by atoms with Crippen LogP contribution in [0.3, 0.4) is 0 Å². The quantitative estimate of drug-likeness (QED) is 0.439. The fourth-order valence-electron chi connectivity index (χ4n) is 4.99. The third-order valence-electron chi connectivity index (χ3n) is 7.33. The van der Waals surface area contributed by atoms with Gasteiger partial charge < -0.3 is 14.5 Å². The highest BCUT2D eigenvalue weighted by atomic mass is 32.2. The second-order valence-electron chi connectivity index (χ2n) is 9.99. The Labute approximate surface area is 240 Å². The Morgan fingerprint density at radius 3 is 2.51 bits per heavy atom. The van der Waals surface area contributed by atoms with Crippen LogP contribution in [0.2, 0.25) is 0 Å². The van der Waals surface area contributed by atoms with E-state index in [0.717, 1.165) is 17.1 Å². The Balaban J connectivity index is 1.50. The molecule has 0 saturated carbocycles. The summed E-state index contributed by atoms with van der Waals surface area (Å²) in [5.74, 6) is -1.42. The van der Waals surface area contributed by atoms with E-state index in [2.05, 4.69) is 10.8 Å². The number of hydrogen-bond acceptors (Lipinski definition) is 9. The summed E-state index contributed by atoms with van der Waals surface area (Å²) in [5.41, 5.74) is 1.10. The van der Waals surface area contributed by atoms with E-state index in [1.807, 2.05) is 4.90 Å². The van der Waals surface area contributed by atoms with Crippen LogP contribution < -0.4 is 13.9 Å². The van der Waals surface area contributed by atoms with E-state index in [0.29, 0.717) is 56.1 Å². The third-order valence-corrected chi connectivity index (χ3v) is 8.73. The topological polar surface area (TPSA) is 153 Å². The standard InChI is InChI=1S/C28H34N6O6S/c1-3-40-28(37)23-17-21(18-29)26(30-24(23)19-34-14-8-7-11-25(34)35)33-15-12-20(13-16-33)27(36)31-41(38,39)32(2)22-9-5-4-6-10-22/h4-6,9-10,17,20H,3,7-8,11-16,19H2,1-2H3,(H,31,36). The molecule has 0 radical (unpaired) electrons. The number of ether oxygens (including phenoxy) is 1. The Bertz CT molecular complexity index is 1430. The molecule has 1 N–H and O–H groups in total. The third kappa shape index (κ3) is 6.94. The zero-order valence-electron chi connectivity index (χ0n) is 23.2. The molecule has 0 aliphatic carbocycles. The number of aromatic nitrogens is 1. The number of esters is 1. The van der Waals surface area contributed by atoms with Gasteiger partial charge in [0.2, 0.25) is 11.8 Å². The summed E-state index contributed by atoms with van der Waals surface area (Å²) in [4.78, 5) is 46.3. The van der Waals surface area contributed by atoms with Crippen LogP contribution in [0.15, 0.2) is 36.4 Å². The Morgan fingerprint density at radius 1 is 1.17 bits per heavy atom. The zero-order chi connectivity index (χ0) is 29.6. The highest BCUT2D eigenvalue weighted by Crippen LogP contribution is 2.28. The number of likely N-dealkylation sites (tertiary alicyclic amines) is 1. The van der Waals surface area contributed by atoms with Crippen molar-refractivity contribution in [2.45, 2.75) is 45.6 Å². The molecule has 41 heavy (non-hydrogen) atoms. The predicted octanol–water partition coefficient (Wildman–Crippen LogP) is 2.36. The number of rotatable bonds is 9. The number of para-hydroxylation sites is 1. The molecule has 2 aliphatic heterocycles. The van der Waals surface area contributed by atoms with Crippen molar-refractivity contribution in [2.75, 3.05) is 42.5 Å². The summed E-state index contributed by atoms with van der Waals surface area (Å²) in [6.45, 7) is 3.20. The fourth-order valence-corrected chi connectivity index (χ4v) is 5.95. The van der Waals surface area contributed by atoms with Crippen LogP contribution in [0.5, 0.6) is 0 Å². The largest absolute Gasteiger partial charge is 0.462 e. The number of amides is 2. The minimum atomic E-state index is -4.09. The zero-order valence-corrected chi connectivity index (χ0v) is 24.0. The molecule has 0 spiro atoms. The average Bonchev–Trinajstić information content (AvgIpc) is 2.98. The SMILES string of the molecule is CCOC(=O)c1cc(C#N)c(N2CCC(C(=O)NS(=O)(=O)N(C)c3ccccc3)CC2)nc1CN1CCCCC1=O. The van der Waals surface area contributed by atoms with Gasteiger partial charge in [0, 0.05) is 39.0 Å². The summed E-state index contributed by atoms with van der Waals surface area (Å²) in [6.07, 6.45) is 2.78. The molecule has 2 amide bonds. The van der Waals surface area contributed by atoms with Gasteiger partial charge in [-0.25, -0.2) is 14.5 Å². The first-order valence-electron chi connectivity index (χ1n) is 13.6. The first kappa shape index (κ1) is 29.8. The Hall–Kier alpha value is -4.18. The van der Waals surface area contributed by atoms with E-state index in [4.69, 9.17) is 9.72 Å². The number of benzene rings is 1. The van der Waals surface area contributed by atoms with Crippen molar-refractivity contribution < 1.29 is 27.5 Å². The van der Waals surface area contributed by atoms with Gasteiger partial charge in [0.25, 0.3) is 0 Å². The molecular weight excluding hydrogens is 548 g/mol. The lowest BCUT2D eigenvalue weighted by molar-refractivity contribution is -0.134. The van der Waals surface area contributed by atoms with Gasteiger partial charge in [-0.15, -0.1) is 0 Å². The van der Waals surface area contributed by atoms with Gasteiger partial charge in [-0.3, -0.25) is 13.9 Å². The van der Waals surface area contributed by atoms with Crippen LogP contribution in [0, 0.1) is 17.2 Å². The highest BCUT2D eigenvalue weighted by Gasteiger charge is 2.32. The first-order chi connectivity index (χ1) is 19.6. The molecule has 0 bridgehead atoms. The number of piperidine rings is 2. The molecule has 0 atom stereocenters. The predicted molar refractivity (Wildman–Crippen MR) is 151 cm³/mol. The van der Waals surface area contributed by atoms with E-state index in [9.17, 15) is 28.1 Å². The minimum absolute atomic E-state index is 0.0153. The van der Waals surface area contributed by atoms with Gasteiger partial charge >= 0.3 is 16.2 Å². The van der Waals surface area contributed by atoms with Gasteiger partial charge in [-0.2, -0.15) is 13.7 Å². The van der Waals surface area contributed by atoms with Crippen LogP contribution in [0.4, 0.5) is 11.5 Å². The molecule has 4 rings (SSSR count). The molecule has 13 heteroatoms. The number of pyridine rings is 1. The summed E-state index contributed by atoms with van der Waals surface area (Å²) >= 11 is 0. The summed E-state index contributed by atoms with van der Waals surface area (Å²) in [7, 11) is -2.72. The van der Waals surface area contributed by atoms with E-state index in [-0.39, 0.29) is 30.2 Å². The lowest BCUT2D eigenvalue weighted by atomic mass is 9.96. The molecular formula is C28H34N6O6S. The molecule has 2 saturated heterocycles. The van der Waals surface area contributed by atoms with E-state index in [1.54, 1.807) is 42.2 Å². The van der Waals surface area contributed by atoms with Gasteiger partial charge in [0.1, 0.15) is 11.9 Å². The van der Waals surface area contributed by atoms with Crippen molar-refractivity contribution in [1.82, 2.24) is 14.6 Å². The van der Waals surface area contributed by atoms with E-state index in [1.165, 1.54) is 13.1 Å². The van der Waals surface area contributed by atoms with E-state index >= 15 is 0 Å². The second kappa shape index (κ2) is 13.0. The average molecular weight is 583 g/mol. The summed E-state index contributed by atoms with van der Waals surface area (Å²) in [5, 5.41) is 9.88. The molecule has 2 aliphatic rings. The molecule has 0 unspecified atom stereocenters. The molecule has 1 aromatic heterocycles. The van der Waals surface area contributed by atoms with Gasteiger partial charge in [-0.1, -0.05) is 18.2 Å². The number of carbonyl (C=O) groups excluding carboxylic acids is 3. The number of hydrogen-bond donors (Lipinski definition) is 1. The van der Waals surface area contributed by atoms with Crippen molar-refractivity contribution in [3.63, 3.8) is 0 Å². The van der Waals surface area contributed by atoms with Gasteiger partial charge in [0.05, 0.1) is 35.7 Å². The van der Waals surface area contributed by atoms with Crippen molar-refractivity contribution in [1.29, 1.82) is 5.26 Å². The Kier molecular flexibility index (Phi) is 9.44. The van der Waals surface area contributed by atoms with Crippen molar-refractivity contribution >= 4 is 39.5 Å². The lowest BCUT2D eigenvalue weighted by Crippen LogP contribution is -2.47. The molecule has 2 aromatic rings. The molecule has 2 fully saturated rings. The van der Waals surface area contributed by atoms with Gasteiger partial charge in [0.15, 0.2) is 0 Å². The van der Waals surface area contributed by atoms with Gasteiger partial charge in [-0.05, 0) is 50.8 Å². The molecule has 3 heterocycles. The van der Waals surface area contributed by atoms with Crippen LogP contribution in [0.25, 0.3) is 0 Å². The summed E-state index contributed by atoms with van der Waals surface area (Å²) in [6, 6.07) is 12.0. The monoisotopic (exact) mass is 582 g/mol. The van der Waals surface area contributed by atoms with Crippen LogP contribution in [0.1, 0.15) is 60.6 Å². The normalized spacial score (nSPS) is 16.2. The highest BCUT2D eigenvalue weighted by molar-refractivity contribution is 7.91. The number of anilines is 2. The molecule has 12 nitrogen and oxygen atoms in total. The Morgan fingerprint density at radius 2 is 1.88 bits per heavy atom. The maximum atomic E-state index is 12.9. The lowest BCUT2D eigenvalue weighted by Gasteiger charge is -2.33. The molecule has 218 valence electrons. The summed E-state index contributed by atoms with van der Waals surface area (Å²) < 4.78 is 34.0. The minimum Gasteiger partial charge on any atom is -0.462 e. The van der Waals surface area contributed by atoms with Crippen molar-refractivity contribution in [3.05, 3.63) is 53.2 Å². The number of nitrogens with one attached hydrogen (secondary N) is 1. The van der Waals surface area contributed by atoms with Crippen LogP contribution in [-0.2, 0) is 31.1 Å². The first-order valence-corrected chi connectivity index (χ1v) is 15.1. The maximum absolute atomic E-state index is 12.9. The maximum Gasteiger partial charge on any atom is 0.340 e. The van der Waals surface area contributed by atoms with Crippen LogP contribution in [-0.4, -0.2) is 69.4 Å². The number of carbonyl (C=O) groups is 3. The second-order valence-corrected chi connectivity index (χ2v) is 11.7. The number of nitrogens with zero attached hydrogens (tertiary/aromatic N) is 5. The van der Waals surface area contributed by atoms with Crippen molar-refractivity contribution in [3.8, 4) is 6.07 Å². The van der Waals surface area contributed by atoms with Crippen LogP contribution >= 0.6 is 0 Å². The van der Waals surface area contributed by atoms with Crippen molar-refractivity contribution in [2.24, 2.45) is 5.92 Å². The smallest absolute Gasteiger partial charge is 0.340 e. The number of nitriles is 1. The molecule has 1 aromatic carbocycles.